The number of carboxylic acids is 1. The van der Waals surface area contributed by atoms with Crippen molar-refractivity contribution in [1.82, 2.24) is 15.1 Å². The van der Waals surface area contributed by atoms with Crippen molar-refractivity contribution in [1.29, 1.82) is 0 Å². The predicted octanol–water partition coefficient (Wildman–Crippen LogP) is 2.43. The molecule has 6 heteroatoms. The van der Waals surface area contributed by atoms with Crippen LogP contribution in [-0.4, -0.2) is 58.6 Å². The molecule has 1 fully saturated rings. The van der Waals surface area contributed by atoms with Gasteiger partial charge in [0.25, 0.3) is 0 Å². The molecule has 1 aromatic carbocycles. The van der Waals surface area contributed by atoms with Crippen molar-refractivity contribution in [3.8, 4) is 0 Å². The Morgan fingerprint density at radius 2 is 2.00 bits per heavy atom. The van der Waals surface area contributed by atoms with Crippen molar-refractivity contribution in [2.24, 2.45) is 0 Å². The van der Waals surface area contributed by atoms with Gasteiger partial charge in [-0.25, -0.2) is 4.79 Å². The largest absolute Gasteiger partial charge is 0.480 e. The molecule has 0 aromatic heterocycles. The van der Waals surface area contributed by atoms with E-state index in [9.17, 15) is 9.59 Å². The number of aliphatic carboxylic acids is 1. The number of carbonyl (C=O) groups excluding carboxylic acids is 1. The number of hydrogen-bond donors (Lipinski definition) is 2. The van der Waals surface area contributed by atoms with Gasteiger partial charge in [-0.05, 0) is 30.5 Å². The summed E-state index contributed by atoms with van der Waals surface area (Å²) in [6.45, 7) is 8.45. The number of hydrogen-bond acceptors (Lipinski definition) is 3. The second-order valence-electron chi connectivity index (χ2n) is 8.13. The number of amides is 2. The van der Waals surface area contributed by atoms with Crippen LogP contribution in [0.4, 0.5) is 4.79 Å². The summed E-state index contributed by atoms with van der Waals surface area (Å²) in [5.74, 6) is -0.798. The Morgan fingerprint density at radius 3 is 2.65 bits per heavy atom. The molecule has 142 valence electrons. The van der Waals surface area contributed by atoms with E-state index in [-0.39, 0.29) is 30.1 Å². The molecule has 1 aromatic rings. The van der Waals surface area contributed by atoms with Crippen LogP contribution >= 0.6 is 0 Å². The van der Waals surface area contributed by atoms with Gasteiger partial charge in [-0.1, -0.05) is 45.0 Å². The van der Waals surface area contributed by atoms with Crippen molar-refractivity contribution in [3.63, 3.8) is 0 Å². The zero-order valence-electron chi connectivity index (χ0n) is 15.9. The highest BCUT2D eigenvalue weighted by molar-refractivity contribution is 5.75. The molecular formula is C20H29N3O3. The Morgan fingerprint density at radius 1 is 1.31 bits per heavy atom. The molecule has 2 aliphatic rings. The summed E-state index contributed by atoms with van der Waals surface area (Å²) in [4.78, 5) is 27.5. The average Bonchev–Trinajstić information content (AvgIpc) is 2.55. The first-order valence-corrected chi connectivity index (χ1v) is 9.40. The van der Waals surface area contributed by atoms with Crippen LogP contribution in [0.3, 0.4) is 0 Å². The summed E-state index contributed by atoms with van der Waals surface area (Å²) in [6.07, 6.45) is 1.64. The summed E-state index contributed by atoms with van der Waals surface area (Å²) < 4.78 is 0. The number of fused-ring (bicyclic) bond motifs is 1. The number of carbonyl (C=O) groups is 2. The minimum atomic E-state index is -0.798. The van der Waals surface area contributed by atoms with E-state index in [1.807, 2.05) is 22.8 Å². The van der Waals surface area contributed by atoms with E-state index in [1.165, 1.54) is 11.1 Å². The van der Waals surface area contributed by atoms with Gasteiger partial charge in [0.1, 0.15) is 0 Å². The van der Waals surface area contributed by atoms with E-state index in [0.717, 1.165) is 12.8 Å². The first-order chi connectivity index (χ1) is 12.3. The summed E-state index contributed by atoms with van der Waals surface area (Å²) in [6, 6.07) is 8.70. The minimum absolute atomic E-state index is 0.0164. The average molecular weight is 359 g/mol. The van der Waals surface area contributed by atoms with Gasteiger partial charge in [-0.15, -0.1) is 0 Å². The van der Waals surface area contributed by atoms with Gasteiger partial charge in [0.15, 0.2) is 0 Å². The van der Waals surface area contributed by atoms with Gasteiger partial charge in [-0.2, -0.15) is 0 Å². The van der Waals surface area contributed by atoms with E-state index in [2.05, 4.69) is 37.4 Å². The van der Waals surface area contributed by atoms with Crippen molar-refractivity contribution < 1.29 is 14.7 Å². The lowest BCUT2D eigenvalue weighted by molar-refractivity contribution is -0.139. The lowest BCUT2D eigenvalue weighted by Gasteiger charge is -2.44. The molecule has 26 heavy (non-hydrogen) atoms. The highest BCUT2D eigenvalue weighted by Gasteiger charge is 2.38. The zero-order chi connectivity index (χ0) is 18.9. The van der Waals surface area contributed by atoms with E-state index in [0.29, 0.717) is 19.6 Å². The number of benzene rings is 1. The maximum Gasteiger partial charge on any atom is 0.317 e. The Kier molecular flexibility index (Phi) is 5.23. The molecule has 1 heterocycles. The normalized spacial score (nSPS) is 23.9. The molecular weight excluding hydrogens is 330 g/mol. The van der Waals surface area contributed by atoms with E-state index in [1.54, 1.807) is 0 Å². The first-order valence-electron chi connectivity index (χ1n) is 9.40. The van der Waals surface area contributed by atoms with Crippen molar-refractivity contribution in [2.75, 3.05) is 19.6 Å². The van der Waals surface area contributed by atoms with Gasteiger partial charge in [0.2, 0.25) is 0 Å². The molecule has 0 spiro atoms. The molecule has 2 amide bonds. The molecule has 3 rings (SSSR count). The van der Waals surface area contributed by atoms with E-state index < -0.39 is 5.97 Å². The monoisotopic (exact) mass is 359 g/mol. The fourth-order valence-corrected chi connectivity index (χ4v) is 4.23. The molecule has 0 bridgehead atoms. The third kappa shape index (κ3) is 3.85. The molecule has 2 N–H and O–H groups in total. The van der Waals surface area contributed by atoms with Crippen LogP contribution < -0.4 is 5.32 Å². The fraction of sp³-hybridized carbons (Fsp3) is 0.600. The highest BCUT2D eigenvalue weighted by atomic mass is 16.4. The van der Waals surface area contributed by atoms with Gasteiger partial charge < -0.3 is 15.3 Å². The highest BCUT2D eigenvalue weighted by Crippen LogP contribution is 2.33. The topological polar surface area (TPSA) is 72.9 Å². The van der Waals surface area contributed by atoms with E-state index >= 15 is 0 Å². The Bertz CT molecular complexity index is 683. The first kappa shape index (κ1) is 18.7. The number of likely N-dealkylation sites (N-methyl/N-ethyl adjacent to an activating group) is 1. The smallest absolute Gasteiger partial charge is 0.317 e. The SMILES string of the molecule is CCN(CC(=O)O)C1CC(NC(=O)N2Cc3ccccc3C(C)(C)C2)C1. The van der Waals surface area contributed by atoms with Gasteiger partial charge in [-0.3, -0.25) is 9.69 Å². The van der Waals surface area contributed by atoms with Crippen molar-refractivity contribution in [2.45, 2.75) is 57.7 Å². The van der Waals surface area contributed by atoms with Gasteiger partial charge >= 0.3 is 12.0 Å². The second-order valence-corrected chi connectivity index (χ2v) is 8.13. The third-order valence-electron chi connectivity index (χ3n) is 5.68. The van der Waals surface area contributed by atoms with Gasteiger partial charge in [0.05, 0.1) is 6.54 Å². The number of nitrogens with one attached hydrogen (secondary N) is 1. The number of urea groups is 1. The minimum Gasteiger partial charge on any atom is -0.480 e. The Hall–Kier alpha value is -2.08. The van der Waals surface area contributed by atoms with Crippen LogP contribution in [0.25, 0.3) is 0 Å². The number of rotatable bonds is 5. The maximum atomic E-state index is 12.7. The fourth-order valence-electron chi connectivity index (χ4n) is 4.23. The lowest BCUT2D eigenvalue weighted by atomic mass is 9.78. The molecule has 0 unspecified atom stereocenters. The molecule has 0 saturated heterocycles. The van der Waals surface area contributed by atoms with Crippen LogP contribution in [0, 0.1) is 0 Å². The summed E-state index contributed by atoms with van der Waals surface area (Å²) in [5, 5.41) is 12.1. The van der Waals surface area contributed by atoms with Crippen LogP contribution in [0.5, 0.6) is 0 Å². The lowest BCUT2D eigenvalue weighted by Crippen LogP contribution is -2.58. The maximum absolute atomic E-state index is 12.7. The van der Waals surface area contributed by atoms with Crippen LogP contribution in [-0.2, 0) is 16.8 Å². The van der Waals surface area contributed by atoms with Crippen LogP contribution in [0.2, 0.25) is 0 Å². The number of carboxylic acid groups (broad SMARTS) is 1. The molecule has 1 aliphatic heterocycles. The van der Waals surface area contributed by atoms with Gasteiger partial charge in [0, 0.05) is 30.6 Å². The Balaban J connectivity index is 1.55. The molecule has 6 nitrogen and oxygen atoms in total. The zero-order valence-corrected chi connectivity index (χ0v) is 15.9. The Labute approximate surface area is 155 Å². The van der Waals surface area contributed by atoms with Crippen molar-refractivity contribution >= 4 is 12.0 Å². The molecule has 0 atom stereocenters. The molecule has 1 saturated carbocycles. The second kappa shape index (κ2) is 7.27. The third-order valence-corrected chi connectivity index (χ3v) is 5.68. The molecule has 0 radical (unpaired) electrons. The summed E-state index contributed by atoms with van der Waals surface area (Å²) in [5.41, 5.74) is 2.47. The molecule has 1 aliphatic carbocycles. The van der Waals surface area contributed by atoms with Crippen LogP contribution in [0.1, 0.15) is 44.7 Å². The quantitative estimate of drug-likeness (QED) is 0.847. The summed E-state index contributed by atoms with van der Waals surface area (Å²) in [7, 11) is 0. The predicted molar refractivity (Wildman–Crippen MR) is 100 cm³/mol. The van der Waals surface area contributed by atoms with E-state index in [4.69, 9.17) is 5.11 Å². The summed E-state index contributed by atoms with van der Waals surface area (Å²) >= 11 is 0. The standard InChI is InChI=1S/C20H29N3O3/c1-4-22(12-18(24)25)16-9-15(10-16)21-19(26)23-11-14-7-5-6-8-17(14)20(2,3)13-23/h5-8,15-16H,4,9-13H2,1-3H3,(H,21,26)(H,24,25). The van der Waals surface area contributed by atoms with Crippen molar-refractivity contribution in [3.05, 3.63) is 35.4 Å². The van der Waals surface area contributed by atoms with Crippen LogP contribution in [0.15, 0.2) is 24.3 Å². The number of nitrogens with zero attached hydrogens (tertiary/aromatic N) is 2.